The van der Waals surface area contributed by atoms with Gasteiger partial charge in [-0.05, 0) is 43.9 Å². The highest BCUT2D eigenvalue weighted by atomic mass is 16.5. The molecule has 0 amide bonds. The molecule has 0 aromatic carbocycles. The predicted octanol–water partition coefficient (Wildman–Crippen LogP) is 4.69. The molecule has 2 rings (SSSR count). The Morgan fingerprint density at radius 3 is 2.60 bits per heavy atom. The van der Waals surface area contributed by atoms with Crippen molar-refractivity contribution in [1.29, 1.82) is 0 Å². The van der Waals surface area contributed by atoms with Crippen LogP contribution >= 0.6 is 0 Å². The van der Waals surface area contributed by atoms with Gasteiger partial charge in [0.1, 0.15) is 0 Å². The molecule has 1 saturated heterocycles. The van der Waals surface area contributed by atoms with Crippen LogP contribution < -0.4 is 0 Å². The zero-order valence-corrected chi connectivity index (χ0v) is 13.6. The SMILES string of the molecule is CCCCC(CC)C(O)C1CCOC2(CCCCC2)C1. The summed E-state index contributed by atoms with van der Waals surface area (Å²) in [6, 6.07) is 0. The van der Waals surface area contributed by atoms with Crippen molar-refractivity contribution in [2.75, 3.05) is 6.61 Å². The first-order valence-electron chi connectivity index (χ1n) is 9.03. The molecule has 1 N–H and O–H groups in total. The number of rotatable bonds is 6. The number of aliphatic hydroxyl groups excluding tert-OH is 1. The van der Waals surface area contributed by atoms with Crippen LogP contribution in [0.5, 0.6) is 0 Å². The smallest absolute Gasteiger partial charge is 0.0686 e. The first-order valence-corrected chi connectivity index (χ1v) is 9.03. The van der Waals surface area contributed by atoms with Gasteiger partial charge < -0.3 is 9.84 Å². The molecular formula is C18H34O2. The van der Waals surface area contributed by atoms with Crippen LogP contribution in [0.4, 0.5) is 0 Å². The number of hydrogen-bond acceptors (Lipinski definition) is 2. The van der Waals surface area contributed by atoms with Crippen LogP contribution in [0.15, 0.2) is 0 Å². The molecule has 1 aliphatic heterocycles. The van der Waals surface area contributed by atoms with Crippen molar-refractivity contribution in [3.05, 3.63) is 0 Å². The lowest BCUT2D eigenvalue weighted by molar-refractivity contribution is -0.139. The van der Waals surface area contributed by atoms with Gasteiger partial charge in [-0.1, -0.05) is 52.4 Å². The lowest BCUT2D eigenvalue weighted by Crippen LogP contribution is -2.45. The maximum Gasteiger partial charge on any atom is 0.0686 e. The van der Waals surface area contributed by atoms with Gasteiger partial charge in [-0.2, -0.15) is 0 Å². The molecule has 2 nitrogen and oxygen atoms in total. The van der Waals surface area contributed by atoms with Gasteiger partial charge in [-0.15, -0.1) is 0 Å². The van der Waals surface area contributed by atoms with E-state index in [9.17, 15) is 5.11 Å². The van der Waals surface area contributed by atoms with Crippen molar-refractivity contribution >= 4 is 0 Å². The summed E-state index contributed by atoms with van der Waals surface area (Å²) < 4.78 is 6.17. The van der Waals surface area contributed by atoms with Crippen LogP contribution in [0.2, 0.25) is 0 Å². The zero-order chi connectivity index (χ0) is 14.4. The maximum absolute atomic E-state index is 10.8. The van der Waals surface area contributed by atoms with E-state index in [0.717, 1.165) is 25.9 Å². The summed E-state index contributed by atoms with van der Waals surface area (Å²) in [5.74, 6) is 0.974. The average molecular weight is 282 g/mol. The Labute approximate surface area is 125 Å². The second kappa shape index (κ2) is 7.79. The van der Waals surface area contributed by atoms with Crippen LogP contribution in [0, 0.1) is 11.8 Å². The summed E-state index contributed by atoms with van der Waals surface area (Å²) >= 11 is 0. The molecule has 0 radical (unpaired) electrons. The summed E-state index contributed by atoms with van der Waals surface area (Å²) in [6.07, 6.45) is 13.3. The summed E-state index contributed by atoms with van der Waals surface area (Å²) in [4.78, 5) is 0. The Kier molecular flexibility index (Phi) is 6.35. The molecule has 2 heteroatoms. The number of ether oxygens (including phenoxy) is 1. The van der Waals surface area contributed by atoms with Crippen molar-refractivity contribution in [2.45, 2.75) is 96.2 Å². The predicted molar refractivity (Wildman–Crippen MR) is 83.8 cm³/mol. The maximum atomic E-state index is 10.8. The number of aliphatic hydroxyl groups is 1. The van der Waals surface area contributed by atoms with Crippen LogP contribution in [-0.4, -0.2) is 23.4 Å². The Morgan fingerprint density at radius 2 is 1.95 bits per heavy atom. The highest BCUT2D eigenvalue weighted by Crippen LogP contribution is 2.43. The first-order chi connectivity index (χ1) is 9.71. The lowest BCUT2D eigenvalue weighted by atomic mass is 9.72. The van der Waals surface area contributed by atoms with E-state index < -0.39 is 0 Å². The van der Waals surface area contributed by atoms with E-state index in [1.165, 1.54) is 51.4 Å². The van der Waals surface area contributed by atoms with E-state index in [1.807, 2.05) is 0 Å². The molecule has 1 heterocycles. The molecule has 20 heavy (non-hydrogen) atoms. The van der Waals surface area contributed by atoms with Gasteiger partial charge in [0.05, 0.1) is 11.7 Å². The molecule has 3 atom stereocenters. The summed E-state index contributed by atoms with van der Waals surface area (Å²) in [7, 11) is 0. The van der Waals surface area contributed by atoms with Crippen molar-refractivity contribution in [3.63, 3.8) is 0 Å². The fraction of sp³-hybridized carbons (Fsp3) is 1.00. The fourth-order valence-electron chi connectivity index (χ4n) is 4.37. The third-order valence-corrected chi connectivity index (χ3v) is 5.71. The second-order valence-electron chi connectivity index (χ2n) is 7.15. The van der Waals surface area contributed by atoms with Gasteiger partial charge >= 0.3 is 0 Å². The van der Waals surface area contributed by atoms with Gasteiger partial charge in [0.2, 0.25) is 0 Å². The third-order valence-electron chi connectivity index (χ3n) is 5.71. The van der Waals surface area contributed by atoms with E-state index >= 15 is 0 Å². The van der Waals surface area contributed by atoms with Crippen molar-refractivity contribution in [3.8, 4) is 0 Å². The summed E-state index contributed by atoms with van der Waals surface area (Å²) in [5.41, 5.74) is 0.130. The topological polar surface area (TPSA) is 29.5 Å². The van der Waals surface area contributed by atoms with E-state index in [0.29, 0.717) is 11.8 Å². The van der Waals surface area contributed by atoms with E-state index in [4.69, 9.17) is 4.74 Å². The summed E-state index contributed by atoms with van der Waals surface area (Å²) in [5, 5.41) is 10.8. The van der Waals surface area contributed by atoms with Crippen LogP contribution in [0.25, 0.3) is 0 Å². The molecule has 1 aliphatic carbocycles. The standard InChI is InChI=1S/C18H34O2/c1-3-5-9-15(4-2)17(19)16-10-13-20-18(14-16)11-7-6-8-12-18/h15-17,19H,3-14H2,1-2H3. The average Bonchev–Trinajstić information content (AvgIpc) is 2.48. The molecular weight excluding hydrogens is 248 g/mol. The van der Waals surface area contributed by atoms with E-state index in [-0.39, 0.29) is 11.7 Å². The highest BCUT2D eigenvalue weighted by molar-refractivity contribution is 4.92. The Bertz CT molecular complexity index is 265. The van der Waals surface area contributed by atoms with Crippen molar-refractivity contribution in [2.24, 2.45) is 11.8 Å². The molecule has 3 unspecified atom stereocenters. The molecule has 0 bridgehead atoms. The van der Waals surface area contributed by atoms with E-state index in [2.05, 4.69) is 13.8 Å². The van der Waals surface area contributed by atoms with Crippen molar-refractivity contribution < 1.29 is 9.84 Å². The number of unbranched alkanes of at least 4 members (excludes halogenated alkanes) is 1. The third kappa shape index (κ3) is 3.98. The quantitative estimate of drug-likeness (QED) is 0.765. The van der Waals surface area contributed by atoms with Crippen LogP contribution in [0.1, 0.15) is 84.5 Å². The van der Waals surface area contributed by atoms with Gasteiger partial charge in [0.15, 0.2) is 0 Å². The lowest BCUT2D eigenvalue weighted by Gasteiger charge is -2.45. The Morgan fingerprint density at radius 1 is 1.20 bits per heavy atom. The normalized spacial score (nSPS) is 29.2. The molecule has 0 aromatic rings. The molecule has 118 valence electrons. The Hall–Kier alpha value is -0.0800. The molecule has 1 spiro atoms. The van der Waals surface area contributed by atoms with Crippen molar-refractivity contribution in [1.82, 2.24) is 0 Å². The largest absolute Gasteiger partial charge is 0.393 e. The first kappa shape index (κ1) is 16.3. The second-order valence-corrected chi connectivity index (χ2v) is 7.15. The van der Waals surface area contributed by atoms with Gasteiger partial charge in [0, 0.05) is 6.61 Å². The molecule has 0 aromatic heterocycles. The zero-order valence-electron chi connectivity index (χ0n) is 13.6. The van der Waals surface area contributed by atoms with E-state index in [1.54, 1.807) is 0 Å². The number of hydrogen-bond donors (Lipinski definition) is 1. The van der Waals surface area contributed by atoms with Gasteiger partial charge in [-0.3, -0.25) is 0 Å². The Balaban J connectivity index is 1.92. The van der Waals surface area contributed by atoms with Gasteiger partial charge in [-0.25, -0.2) is 0 Å². The summed E-state index contributed by atoms with van der Waals surface area (Å²) in [6.45, 7) is 5.34. The minimum absolute atomic E-state index is 0.103. The van der Waals surface area contributed by atoms with Gasteiger partial charge in [0.25, 0.3) is 0 Å². The minimum Gasteiger partial charge on any atom is -0.393 e. The van der Waals surface area contributed by atoms with Crippen LogP contribution in [0.3, 0.4) is 0 Å². The monoisotopic (exact) mass is 282 g/mol. The molecule has 2 fully saturated rings. The highest BCUT2D eigenvalue weighted by Gasteiger charge is 2.41. The van der Waals surface area contributed by atoms with Crippen LogP contribution in [-0.2, 0) is 4.74 Å². The molecule has 2 aliphatic rings. The molecule has 1 saturated carbocycles. The fourth-order valence-corrected chi connectivity index (χ4v) is 4.37. The minimum atomic E-state index is -0.103.